The fourth-order valence-electron chi connectivity index (χ4n) is 7.97. The van der Waals surface area contributed by atoms with Crippen molar-refractivity contribution >= 4 is 89.6 Å². The molecule has 30 heteroatoms. The molecule has 0 aliphatic heterocycles. The van der Waals surface area contributed by atoms with Crippen LogP contribution in [0.15, 0.2) is 24.3 Å². The first-order valence-corrected chi connectivity index (χ1v) is 27.8. The van der Waals surface area contributed by atoms with Crippen molar-refractivity contribution in [3.05, 3.63) is 29.8 Å². The van der Waals surface area contributed by atoms with Gasteiger partial charge in [0.25, 0.3) is 0 Å². The second-order valence-electron chi connectivity index (χ2n) is 21.0. The summed E-state index contributed by atoms with van der Waals surface area (Å²) < 4.78 is 0. The third-order valence-corrected chi connectivity index (χ3v) is 14.1. The van der Waals surface area contributed by atoms with Gasteiger partial charge < -0.3 is 84.9 Å². The molecule has 14 atom stereocenters. The van der Waals surface area contributed by atoms with E-state index in [-0.39, 0.29) is 36.8 Å². The van der Waals surface area contributed by atoms with Crippen LogP contribution in [0.2, 0.25) is 0 Å². The summed E-state index contributed by atoms with van der Waals surface area (Å²) in [5.74, 6) is -17.8. The molecule has 0 radical (unpaired) electrons. The van der Waals surface area contributed by atoms with Crippen molar-refractivity contribution in [3.8, 4) is 5.75 Å². The van der Waals surface area contributed by atoms with Gasteiger partial charge in [0, 0.05) is 18.6 Å². The second kappa shape index (κ2) is 36.1. The number of rotatable bonds is 38. The lowest BCUT2D eigenvalue weighted by Gasteiger charge is -2.30. The molecule has 1 aromatic carbocycles. The standard InChI is InChI=1S/C53H85N11O18S/c1-10-25(6)40(55)49(77)64-43(28(9)65)52(80)63-42(27(8)12-3)51(79)61-36(23-83)48(76)56-31(17-18-37(54)67)44(72)57-32(20-29-13-15-30(66)16-14-29)47(75)62-41(26(7)11-2)50(78)59-34(22-39(70)71)45(73)58-33(21-38(68)69)46(74)60-35(53(81)82)19-24(4)5/h13-16,24-28,31-36,40-43,65-66,83H,10-12,17-23,55H2,1-9H3,(H2,54,67)(H,56,76)(H,57,72)(H,58,73)(H,59,78)(H,60,74)(H,61,79)(H,62,75)(H,63,80)(H,64,77)(H,68,69)(H,70,71)(H,81,82)/t25-,26-,27-,28+,31-,32-,33-,34-,35-,36-,40-,41-,42-,43-/m0/s1. The smallest absolute Gasteiger partial charge is 0.326 e. The summed E-state index contributed by atoms with van der Waals surface area (Å²) in [6.45, 7) is 14.5. The average Bonchev–Trinajstić information content (AvgIpc) is 3.52. The highest BCUT2D eigenvalue weighted by atomic mass is 32.1. The number of carbonyl (C=O) groups is 13. The SMILES string of the molecule is CC[C@H](C)[C@H](N)C(=O)N[C@H](C(=O)N[C@H](C(=O)N[C@@H](CS)C(=O)N[C@@H](CCC(N)=O)C(=O)N[C@@H](Cc1ccc(O)cc1)C(=O)N[C@H](C(=O)N[C@@H](CC(=O)O)C(=O)N[C@@H](CC(=O)O)C(=O)N[C@@H](CC(C)C)C(=O)O)[C@@H](C)CC)[C@@H](C)CC)[C@@H](C)O. The first-order chi connectivity index (χ1) is 38.7. The van der Waals surface area contributed by atoms with Crippen molar-refractivity contribution in [2.75, 3.05) is 5.75 Å². The van der Waals surface area contributed by atoms with Gasteiger partial charge in [-0.05, 0) is 61.1 Å². The van der Waals surface area contributed by atoms with E-state index in [9.17, 15) is 87.9 Å². The van der Waals surface area contributed by atoms with Crippen molar-refractivity contribution in [1.82, 2.24) is 47.9 Å². The van der Waals surface area contributed by atoms with E-state index >= 15 is 0 Å². The van der Waals surface area contributed by atoms with Gasteiger partial charge in [-0.1, -0.05) is 86.8 Å². The topological polar surface area (TPSA) is 483 Å². The van der Waals surface area contributed by atoms with E-state index in [1.165, 1.54) is 38.1 Å². The Balaban J connectivity index is 3.65. The predicted octanol–water partition coefficient (Wildman–Crippen LogP) is -2.58. The molecular formula is C53H85N11O18S. The lowest BCUT2D eigenvalue weighted by molar-refractivity contribution is -0.145. The third-order valence-electron chi connectivity index (χ3n) is 13.7. The lowest BCUT2D eigenvalue weighted by Crippen LogP contribution is -2.62. The summed E-state index contributed by atoms with van der Waals surface area (Å²) >= 11 is 4.23. The summed E-state index contributed by atoms with van der Waals surface area (Å²) in [6, 6.07) is -10.7. The Hall–Kier alpha value is -7.60. The molecule has 0 aliphatic rings. The fraction of sp³-hybridized carbons (Fsp3) is 0.642. The van der Waals surface area contributed by atoms with Crippen molar-refractivity contribution in [2.24, 2.45) is 35.1 Å². The predicted molar refractivity (Wildman–Crippen MR) is 301 cm³/mol. The number of hydrogen-bond acceptors (Lipinski definition) is 17. The van der Waals surface area contributed by atoms with E-state index in [4.69, 9.17) is 11.5 Å². The number of thiol groups is 1. The van der Waals surface area contributed by atoms with Gasteiger partial charge in [-0.3, -0.25) is 57.5 Å². The zero-order valence-corrected chi connectivity index (χ0v) is 49.1. The van der Waals surface area contributed by atoms with Crippen LogP contribution in [0.1, 0.15) is 119 Å². The molecule has 0 heterocycles. The van der Waals surface area contributed by atoms with Gasteiger partial charge in [-0.15, -0.1) is 0 Å². The van der Waals surface area contributed by atoms with Gasteiger partial charge in [0.15, 0.2) is 0 Å². The number of benzene rings is 1. The number of carboxylic acid groups (broad SMARTS) is 3. The Morgan fingerprint density at radius 2 is 0.867 bits per heavy atom. The van der Waals surface area contributed by atoms with Gasteiger partial charge in [0.2, 0.25) is 59.1 Å². The Kier molecular flexibility index (Phi) is 31.9. The number of amides is 10. The molecule has 10 amide bonds. The Bertz CT molecular complexity index is 2430. The maximum atomic E-state index is 14.5. The number of aliphatic carboxylic acids is 3. The molecule has 0 saturated carbocycles. The zero-order chi connectivity index (χ0) is 63.6. The molecule has 0 aliphatic carbocycles. The number of phenols is 1. The van der Waals surface area contributed by atoms with Gasteiger partial charge in [0.05, 0.1) is 25.0 Å². The molecule has 0 aromatic heterocycles. The van der Waals surface area contributed by atoms with Gasteiger partial charge in [0.1, 0.15) is 60.1 Å². The van der Waals surface area contributed by atoms with Crippen LogP contribution in [0.5, 0.6) is 5.75 Å². The van der Waals surface area contributed by atoms with Crippen molar-refractivity contribution in [1.29, 1.82) is 0 Å². The minimum Gasteiger partial charge on any atom is -0.508 e. The van der Waals surface area contributed by atoms with Crippen molar-refractivity contribution < 1.29 is 87.9 Å². The average molecular weight is 1200 g/mol. The number of aliphatic hydroxyl groups excluding tert-OH is 1. The van der Waals surface area contributed by atoms with Crippen LogP contribution in [0, 0.1) is 23.7 Å². The van der Waals surface area contributed by atoms with E-state index in [1.54, 1.807) is 41.5 Å². The van der Waals surface area contributed by atoms with E-state index < -0.39 is 187 Å². The Labute approximate surface area is 486 Å². The molecule has 0 saturated heterocycles. The maximum absolute atomic E-state index is 14.5. The molecule has 1 rings (SSSR count). The summed E-state index contributed by atoms with van der Waals surface area (Å²) in [7, 11) is 0. The summed E-state index contributed by atoms with van der Waals surface area (Å²) in [4.78, 5) is 172. The van der Waals surface area contributed by atoms with E-state index in [2.05, 4.69) is 60.5 Å². The molecule has 0 bridgehead atoms. The first-order valence-electron chi connectivity index (χ1n) is 27.2. The molecule has 0 fully saturated rings. The summed E-state index contributed by atoms with van der Waals surface area (Å²) in [5.41, 5.74) is 11.8. The molecule has 29 nitrogen and oxygen atoms in total. The first kappa shape index (κ1) is 73.4. The van der Waals surface area contributed by atoms with E-state index in [1.807, 2.05) is 6.92 Å². The molecule has 1 aromatic rings. The second-order valence-corrected chi connectivity index (χ2v) is 21.3. The van der Waals surface area contributed by atoms with Crippen LogP contribution in [0.25, 0.3) is 0 Å². The van der Waals surface area contributed by atoms with E-state index in [0.717, 1.165) is 0 Å². The number of nitrogens with two attached hydrogens (primary N) is 2. The van der Waals surface area contributed by atoms with Crippen LogP contribution in [-0.4, -0.2) is 175 Å². The van der Waals surface area contributed by atoms with Crippen LogP contribution in [0.4, 0.5) is 0 Å². The highest BCUT2D eigenvalue weighted by Crippen LogP contribution is 2.16. The monoisotopic (exact) mass is 1200 g/mol. The summed E-state index contributed by atoms with van der Waals surface area (Å²) in [5, 5.41) is 70.8. The van der Waals surface area contributed by atoms with Gasteiger partial charge >= 0.3 is 17.9 Å². The number of carboxylic acids is 3. The highest BCUT2D eigenvalue weighted by molar-refractivity contribution is 7.80. The third kappa shape index (κ3) is 25.6. The highest BCUT2D eigenvalue weighted by Gasteiger charge is 2.39. The van der Waals surface area contributed by atoms with Gasteiger partial charge in [-0.2, -0.15) is 12.6 Å². The maximum Gasteiger partial charge on any atom is 0.326 e. The number of aliphatic hydroxyl groups is 1. The minimum atomic E-state index is -2.04. The Morgan fingerprint density at radius 1 is 0.494 bits per heavy atom. The van der Waals surface area contributed by atoms with Crippen molar-refractivity contribution in [3.63, 3.8) is 0 Å². The minimum absolute atomic E-state index is 0.0852. The number of nitrogens with one attached hydrogen (secondary N) is 9. The quantitative estimate of drug-likeness (QED) is 0.0302. The number of aromatic hydroxyl groups is 1. The fourth-order valence-corrected chi connectivity index (χ4v) is 8.22. The molecular weight excluding hydrogens is 1110 g/mol. The Morgan fingerprint density at radius 3 is 1.29 bits per heavy atom. The molecule has 0 spiro atoms. The molecule has 18 N–H and O–H groups in total. The van der Waals surface area contributed by atoms with Crippen LogP contribution in [0.3, 0.4) is 0 Å². The summed E-state index contributed by atoms with van der Waals surface area (Å²) in [6.07, 6.45) is -4.15. The van der Waals surface area contributed by atoms with Crippen LogP contribution in [-0.2, 0) is 68.7 Å². The van der Waals surface area contributed by atoms with Crippen molar-refractivity contribution in [2.45, 2.75) is 187 Å². The largest absolute Gasteiger partial charge is 0.508 e. The number of primary amides is 1. The lowest BCUT2D eigenvalue weighted by atomic mass is 9.96. The van der Waals surface area contributed by atoms with E-state index in [0.29, 0.717) is 18.4 Å². The zero-order valence-electron chi connectivity index (χ0n) is 48.2. The molecule has 83 heavy (non-hydrogen) atoms. The normalized spacial score (nSPS) is 16.3. The van der Waals surface area contributed by atoms with Crippen LogP contribution < -0.4 is 59.3 Å². The molecule has 0 unspecified atom stereocenters. The van der Waals surface area contributed by atoms with Crippen LogP contribution >= 0.6 is 12.6 Å². The van der Waals surface area contributed by atoms with Gasteiger partial charge in [-0.25, -0.2) is 4.79 Å². The molecule has 466 valence electrons. The number of hydrogen-bond donors (Lipinski definition) is 17. The number of phenolic OH excluding ortho intramolecular Hbond substituents is 1. The number of carbonyl (C=O) groups excluding carboxylic acids is 10.